The highest BCUT2D eigenvalue weighted by molar-refractivity contribution is 6.32. The molecule has 29 heavy (non-hydrogen) atoms. The van der Waals surface area contributed by atoms with Crippen molar-refractivity contribution >= 4 is 17.5 Å². The summed E-state index contributed by atoms with van der Waals surface area (Å²) < 4.78 is 5.91. The molecule has 0 saturated heterocycles. The molecule has 0 fully saturated rings. The molecule has 0 aliphatic heterocycles. The second-order valence-corrected chi connectivity index (χ2v) is 7.77. The van der Waals surface area contributed by atoms with E-state index in [1.54, 1.807) is 6.92 Å². The number of carbonyl (C=O) groups is 1. The van der Waals surface area contributed by atoms with Gasteiger partial charge in [0.2, 0.25) is 0 Å². The summed E-state index contributed by atoms with van der Waals surface area (Å²) in [5.74, 6) is 0.461. The maximum atomic E-state index is 12.9. The predicted octanol–water partition coefficient (Wildman–Crippen LogP) is 5.94. The summed E-state index contributed by atoms with van der Waals surface area (Å²) in [5, 5.41) is 3.86. The minimum atomic E-state index is -0.647. The summed E-state index contributed by atoms with van der Waals surface area (Å²) >= 11 is 6.23. The number of carbonyl (C=O) groups excluding carboxylic acids is 1. The molecule has 150 valence electrons. The number of benzene rings is 3. The molecule has 0 aliphatic carbocycles. The van der Waals surface area contributed by atoms with Gasteiger partial charge in [-0.1, -0.05) is 71.8 Å². The van der Waals surface area contributed by atoms with Gasteiger partial charge in [0, 0.05) is 5.02 Å². The number of halogens is 1. The van der Waals surface area contributed by atoms with E-state index in [1.807, 2.05) is 75.4 Å². The molecule has 1 amide bonds. The SMILES string of the molecule is Cc1ccc([C@@H](NC(=O)[C@@H](C)Oc2cc(C)c(Cl)c(C)c2)c2ccccc2)cc1. The van der Waals surface area contributed by atoms with E-state index in [2.05, 4.69) is 17.4 Å². The lowest BCUT2D eigenvalue weighted by molar-refractivity contribution is -0.127. The predicted molar refractivity (Wildman–Crippen MR) is 119 cm³/mol. The third-order valence-corrected chi connectivity index (χ3v) is 5.52. The fourth-order valence-corrected chi connectivity index (χ4v) is 3.36. The Bertz CT molecular complexity index is 960. The summed E-state index contributed by atoms with van der Waals surface area (Å²) in [5.41, 5.74) is 5.08. The number of rotatable bonds is 6. The number of aryl methyl sites for hydroxylation is 3. The average molecular weight is 408 g/mol. The Hall–Kier alpha value is -2.78. The highest BCUT2D eigenvalue weighted by Gasteiger charge is 2.22. The molecule has 2 atom stereocenters. The van der Waals surface area contributed by atoms with Gasteiger partial charge < -0.3 is 10.1 Å². The Morgan fingerprint density at radius 1 is 0.897 bits per heavy atom. The van der Waals surface area contributed by atoms with Crippen LogP contribution in [0, 0.1) is 20.8 Å². The van der Waals surface area contributed by atoms with Crippen LogP contribution in [0.15, 0.2) is 66.7 Å². The zero-order chi connectivity index (χ0) is 21.0. The molecule has 0 bridgehead atoms. The number of hydrogen-bond acceptors (Lipinski definition) is 2. The minimum Gasteiger partial charge on any atom is -0.481 e. The molecule has 0 aliphatic rings. The molecule has 0 spiro atoms. The highest BCUT2D eigenvalue weighted by Crippen LogP contribution is 2.27. The van der Waals surface area contributed by atoms with Crippen molar-refractivity contribution < 1.29 is 9.53 Å². The van der Waals surface area contributed by atoms with Crippen LogP contribution >= 0.6 is 11.6 Å². The van der Waals surface area contributed by atoms with E-state index < -0.39 is 6.10 Å². The standard InChI is InChI=1S/C25H26ClNO2/c1-16-10-12-21(13-11-16)24(20-8-6-5-7-9-20)27-25(28)19(4)29-22-14-17(2)23(26)18(3)15-22/h5-15,19,24H,1-4H3,(H,27,28)/t19-,24+/m1/s1. The Labute approximate surface area is 177 Å². The van der Waals surface area contributed by atoms with Crippen LogP contribution in [0.3, 0.4) is 0 Å². The molecule has 0 heterocycles. The van der Waals surface area contributed by atoms with Gasteiger partial charge in [-0.3, -0.25) is 4.79 Å². The number of nitrogens with one attached hydrogen (secondary N) is 1. The van der Waals surface area contributed by atoms with Crippen molar-refractivity contribution in [3.8, 4) is 5.75 Å². The van der Waals surface area contributed by atoms with Crippen LogP contribution in [0.25, 0.3) is 0 Å². The second kappa shape index (κ2) is 9.15. The summed E-state index contributed by atoms with van der Waals surface area (Å²) in [6, 6.07) is 21.6. The van der Waals surface area contributed by atoms with E-state index in [0.29, 0.717) is 5.75 Å². The Morgan fingerprint density at radius 3 is 2.03 bits per heavy atom. The zero-order valence-electron chi connectivity index (χ0n) is 17.2. The molecule has 3 aromatic rings. The van der Waals surface area contributed by atoms with Gasteiger partial charge >= 0.3 is 0 Å². The topological polar surface area (TPSA) is 38.3 Å². The molecule has 0 aromatic heterocycles. The van der Waals surface area contributed by atoms with Gasteiger partial charge in [0.1, 0.15) is 5.75 Å². The van der Waals surface area contributed by atoms with Crippen LogP contribution < -0.4 is 10.1 Å². The summed E-state index contributed by atoms with van der Waals surface area (Å²) in [6.45, 7) is 7.66. The lowest BCUT2D eigenvalue weighted by atomic mass is 9.97. The van der Waals surface area contributed by atoms with Gasteiger partial charge in [0.25, 0.3) is 5.91 Å². The molecule has 0 unspecified atom stereocenters. The van der Waals surface area contributed by atoms with Gasteiger partial charge in [-0.05, 0) is 62.1 Å². The maximum Gasteiger partial charge on any atom is 0.261 e. The van der Waals surface area contributed by atoms with E-state index in [0.717, 1.165) is 27.3 Å². The molecule has 3 nitrogen and oxygen atoms in total. The smallest absolute Gasteiger partial charge is 0.261 e. The second-order valence-electron chi connectivity index (χ2n) is 7.39. The van der Waals surface area contributed by atoms with Crippen LogP contribution in [0.1, 0.15) is 40.8 Å². The van der Waals surface area contributed by atoms with Gasteiger partial charge in [0.05, 0.1) is 6.04 Å². The van der Waals surface area contributed by atoms with Gasteiger partial charge in [-0.15, -0.1) is 0 Å². The van der Waals surface area contributed by atoms with E-state index in [-0.39, 0.29) is 11.9 Å². The van der Waals surface area contributed by atoms with E-state index in [1.165, 1.54) is 5.56 Å². The lowest BCUT2D eigenvalue weighted by Crippen LogP contribution is -2.39. The van der Waals surface area contributed by atoms with Crippen molar-refractivity contribution in [2.45, 2.75) is 39.8 Å². The number of ether oxygens (including phenoxy) is 1. The average Bonchev–Trinajstić information content (AvgIpc) is 2.71. The molecular weight excluding hydrogens is 382 g/mol. The fraction of sp³-hybridized carbons (Fsp3) is 0.240. The number of hydrogen-bond donors (Lipinski definition) is 1. The van der Waals surface area contributed by atoms with Crippen LogP contribution in [0.5, 0.6) is 5.75 Å². The van der Waals surface area contributed by atoms with Crippen molar-refractivity contribution in [1.82, 2.24) is 5.32 Å². The van der Waals surface area contributed by atoms with Crippen molar-refractivity contribution in [2.75, 3.05) is 0 Å². The molecular formula is C25H26ClNO2. The Balaban J connectivity index is 1.80. The van der Waals surface area contributed by atoms with E-state index in [9.17, 15) is 4.79 Å². The zero-order valence-corrected chi connectivity index (χ0v) is 18.0. The third kappa shape index (κ3) is 5.18. The van der Waals surface area contributed by atoms with E-state index >= 15 is 0 Å². The first-order valence-corrected chi connectivity index (χ1v) is 10.1. The first-order valence-electron chi connectivity index (χ1n) is 9.70. The Morgan fingerprint density at radius 2 is 1.45 bits per heavy atom. The van der Waals surface area contributed by atoms with Crippen LogP contribution in [0.4, 0.5) is 0 Å². The summed E-state index contributed by atoms with van der Waals surface area (Å²) in [7, 11) is 0. The van der Waals surface area contributed by atoms with Crippen LogP contribution in [-0.2, 0) is 4.79 Å². The molecule has 3 aromatic carbocycles. The largest absolute Gasteiger partial charge is 0.481 e. The molecule has 0 radical (unpaired) electrons. The van der Waals surface area contributed by atoms with Crippen molar-refractivity contribution in [3.63, 3.8) is 0 Å². The molecule has 1 N–H and O–H groups in total. The quantitative estimate of drug-likeness (QED) is 0.549. The highest BCUT2D eigenvalue weighted by atomic mass is 35.5. The third-order valence-electron chi connectivity index (χ3n) is 4.92. The van der Waals surface area contributed by atoms with Gasteiger partial charge in [-0.2, -0.15) is 0 Å². The van der Waals surface area contributed by atoms with Crippen LogP contribution in [0.2, 0.25) is 5.02 Å². The van der Waals surface area contributed by atoms with Gasteiger partial charge in [-0.25, -0.2) is 0 Å². The fourth-order valence-electron chi connectivity index (χ4n) is 3.25. The first kappa shape index (κ1) is 20.9. The van der Waals surface area contributed by atoms with E-state index in [4.69, 9.17) is 16.3 Å². The summed E-state index contributed by atoms with van der Waals surface area (Å²) in [6.07, 6.45) is -0.647. The maximum absolute atomic E-state index is 12.9. The lowest BCUT2D eigenvalue weighted by Gasteiger charge is -2.23. The molecule has 3 rings (SSSR count). The monoisotopic (exact) mass is 407 g/mol. The minimum absolute atomic E-state index is 0.176. The normalized spacial score (nSPS) is 12.9. The molecule has 0 saturated carbocycles. The van der Waals surface area contributed by atoms with Gasteiger partial charge in [0.15, 0.2) is 6.10 Å². The van der Waals surface area contributed by atoms with Crippen molar-refractivity contribution in [2.24, 2.45) is 0 Å². The Kier molecular flexibility index (Phi) is 6.60. The van der Waals surface area contributed by atoms with Crippen molar-refractivity contribution in [1.29, 1.82) is 0 Å². The van der Waals surface area contributed by atoms with Crippen molar-refractivity contribution in [3.05, 3.63) is 99.6 Å². The molecule has 4 heteroatoms. The van der Waals surface area contributed by atoms with Crippen LogP contribution in [-0.4, -0.2) is 12.0 Å². The summed E-state index contributed by atoms with van der Waals surface area (Å²) in [4.78, 5) is 12.9. The first-order chi connectivity index (χ1) is 13.8. The number of amides is 1.